The van der Waals surface area contributed by atoms with E-state index in [0.717, 1.165) is 11.3 Å². The molecule has 0 spiro atoms. The van der Waals surface area contributed by atoms with Crippen LogP contribution in [0.25, 0.3) is 0 Å². The number of amides is 2. The number of methoxy groups -OCH3 is 1. The molecule has 0 saturated heterocycles. The molecule has 0 aliphatic carbocycles. The Balaban J connectivity index is 2.37. The summed E-state index contributed by atoms with van der Waals surface area (Å²) in [5.41, 5.74) is 0.893. The Morgan fingerprint density at radius 2 is 1.71 bits per heavy atom. The van der Waals surface area contributed by atoms with Gasteiger partial charge in [0.05, 0.1) is 12.7 Å². The third kappa shape index (κ3) is 6.76. The highest BCUT2D eigenvalue weighted by Gasteiger charge is 2.11. The van der Waals surface area contributed by atoms with Gasteiger partial charge in [-0.2, -0.15) is 0 Å². The second kappa shape index (κ2) is 8.97. The lowest BCUT2D eigenvalue weighted by atomic mass is 10.2. The third-order valence-electron chi connectivity index (χ3n) is 2.55. The van der Waals surface area contributed by atoms with Crippen molar-refractivity contribution in [3.05, 3.63) is 29.8 Å². The van der Waals surface area contributed by atoms with E-state index in [-0.39, 0.29) is 6.10 Å². The molecule has 0 fully saturated rings. The van der Waals surface area contributed by atoms with Crippen LogP contribution >= 0.6 is 0 Å². The van der Waals surface area contributed by atoms with Gasteiger partial charge in [-0.1, -0.05) is 12.1 Å². The lowest BCUT2D eigenvalue weighted by molar-refractivity contribution is -0.139. The standard InChI is InChI=1S/C15H22N2O4/c1-11(2)21-13-6-4-12(5-7-13)10-17-15(19)14(18)16-8-9-20-3/h4-7,11H,8-10H2,1-3H3,(H,16,18)(H,17,19). The summed E-state index contributed by atoms with van der Waals surface area (Å²) in [4.78, 5) is 23.0. The lowest BCUT2D eigenvalue weighted by Crippen LogP contribution is -2.40. The Bertz CT molecular complexity index is 457. The molecule has 6 heteroatoms. The van der Waals surface area contributed by atoms with Crippen LogP contribution in [0.2, 0.25) is 0 Å². The van der Waals surface area contributed by atoms with E-state index in [4.69, 9.17) is 9.47 Å². The molecule has 0 bridgehead atoms. The molecular weight excluding hydrogens is 272 g/mol. The van der Waals surface area contributed by atoms with Gasteiger partial charge in [0.1, 0.15) is 5.75 Å². The van der Waals surface area contributed by atoms with E-state index < -0.39 is 11.8 Å². The Kier molecular flexibility index (Phi) is 7.25. The molecule has 2 N–H and O–H groups in total. The highest BCUT2D eigenvalue weighted by Crippen LogP contribution is 2.13. The Morgan fingerprint density at radius 1 is 1.10 bits per heavy atom. The van der Waals surface area contributed by atoms with E-state index >= 15 is 0 Å². The van der Waals surface area contributed by atoms with E-state index in [1.54, 1.807) is 0 Å². The van der Waals surface area contributed by atoms with Gasteiger partial charge in [0.2, 0.25) is 0 Å². The third-order valence-corrected chi connectivity index (χ3v) is 2.55. The summed E-state index contributed by atoms with van der Waals surface area (Å²) in [5, 5.41) is 5.01. The summed E-state index contributed by atoms with van der Waals surface area (Å²) < 4.78 is 10.3. The van der Waals surface area contributed by atoms with Crippen LogP contribution in [0.15, 0.2) is 24.3 Å². The number of ether oxygens (including phenoxy) is 2. The predicted octanol–water partition coefficient (Wildman–Crippen LogP) is 0.853. The van der Waals surface area contributed by atoms with Crippen molar-refractivity contribution in [2.45, 2.75) is 26.5 Å². The van der Waals surface area contributed by atoms with Gasteiger partial charge in [-0.05, 0) is 31.5 Å². The van der Waals surface area contributed by atoms with Crippen LogP contribution in [0, 0.1) is 0 Å². The first kappa shape index (κ1) is 17.0. The normalized spacial score (nSPS) is 10.3. The van der Waals surface area contributed by atoms with Crippen LogP contribution in [0.4, 0.5) is 0 Å². The van der Waals surface area contributed by atoms with Crippen molar-refractivity contribution in [1.29, 1.82) is 0 Å². The van der Waals surface area contributed by atoms with Crippen molar-refractivity contribution in [3.63, 3.8) is 0 Å². The largest absolute Gasteiger partial charge is 0.491 e. The summed E-state index contributed by atoms with van der Waals surface area (Å²) in [5.74, 6) is -0.544. The van der Waals surface area contributed by atoms with Crippen LogP contribution in [-0.2, 0) is 20.9 Å². The summed E-state index contributed by atoms with van der Waals surface area (Å²) in [7, 11) is 1.53. The van der Waals surface area contributed by atoms with Gasteiger partial charge in [-0.3, -0.25) is 9.59 Å². The molecule has 0 atom stereocenters. The predicted molar refractivity (Wildman–Crippen MR) is 78.9 cm³/mol. The zero-order valence-corrected chi connectivity index (χ0v) is 12.6. The van der Waals surface area contributed by atoms with E-state index in [0.29, 0.717) is 19.7 Å². The monoisotopic (exact) mass is 294 g/mol. The summed E-state index contributed by atoms with van der Waals surface area (Å²) in [6, 6.07) is 7.36. The smallest absolute Gasteiger partial charge is 0.309 e. The van der Waals surface area contributed by atoms with E-state index in [1.807, 2.05) is 38.1 Å². The molecule has 0 saturated carbocycles. The van der Waals surface area contributed by atoms with Crippen LogP contribution in [-0.4, -0.2) is 38.2 Å². The van der Waals surface area contributed by atoms with Crippen molar-refractivity contribution in [2.24, 2.45) is 0 Å². The number of nitrogens with one attached hydrogen (secondary N) is 2. The first-order chi connectivity index (χ1) is 10.0. The number of carbonyl (C=O) groups excluding carboxylic acids is 2. The Labute approximate surface area is 124 Å². The topological polar surface area (TPSA) is 76.7 Å². The highest BCUT2D eigenvalue weighted by molar-refractivity contribution is 6.35. The first-order valence-electron chi connectivity index (χ1n) is 6.83. The molecule has 1 aromatic rings. The minimum atomic E-state index is -0.660. The zero-order chi connectivity index (χ0) is 15.7. The molecule has 0 aliphatic heterocycles. The van der Waals surface area contributed by atoms with E-state index in [2.05, 4.69) is 10.6 Å². The SMILES string of the molecule is COCCNC(=O)C(=O)NCc1ccc(OC(C)C)cc1. The van der Waals surface area contributed by atoms with Crippen LogP contribution in [0.3, 0.4) is 0 Å². The van der Waals surface area contributed by atoms with Crippen molar-refractivity contribution in [3.8, 4) is 5.75 Å². The van der Waals surface area contributed by atoms with Crippen LogP contribution in [0.1, 0.15) is 19.4 Å². The Hall–Kier alpha value is -2.08. The number of benzene rings is 1. The second-order valence-electron chi connectivity index (χ2n) is 4.74. The number of hydrogen-bond donors (Lipinski definition) is 2. The molecule has 21 heavy (non-hydrogen) atoms. The van der Waals surface area contributed by atoms with Crippen molar-refractivity contribution in [1.82, 2.24) is 10.6 Å². The summed E-state index contributed by atoms with van der Waals surface area (Å²) in [6.07, 6.45) is 0.117. The molecule has 0 radical (unpaired) electrons. The van der Waals surface area contributed by atoms with Crippen LogP contribution in [0.5, 0.6) is 5.75 Å². The van der Waals surface area contributed by atoms with E-state index in [9.17, 15) is 9.59 Å². The van der Waals surface area contributed by atoms with Gasteiger partial charge in [-0.15, -0.1) is 0 Å². The number of carbonyl (C=O) groups is 2. The molecule has 0 unspecified atom stereocenters. The van der Waals surface area contributed by atoms with E-state index in [1.165, 1.54) is 7.11 Å². The van der Waals surface area contributed by atoms with Gasteiger partial charge < -0.3 is 20.1 Å². The minimum Gasteiger partial charge on any atom is -0.491 e. The molecule has 0 aromatic heterocycles. The molecule has 116 valence electrons. The highest BCUT2D eigenvalue weighted by atomic mass is 16.5. The van der Waals surface area contributed by atoms with Gasteiger partial charge in [0.15, 0.2) is 0 Å². The van der Waals surface area contributed by atoms with Crippen molar-refractivity contribution >= 4 is 11.8 Å². The maximum atomic E-state index is 11.5. The van der Waals surface area contributed by atoms with Gasteiger partial charge in [0.25, 0.3) is 0 Å². The van der Waals surface area contributed by atoms with Gasteiger partial charge in [-0.25, -0.2) is 0 Å². The minimum absolute atomic E-state index is 0.117. The Morgan fingerprint density at radius 3 is 2.29 bits per heavy atom. The maximum Gasteiger partial charge on any atom is 0.309 e. The fraction of sp³-hybridized carbons (Fsp3) is 0.467. The molecule has 1 aromatic carbocycles. The first-order valence-corrected chi connectivity index (χ1v) is 6.83. The van der Waals surface area contributed by atoms with Gasteiger partial charge in [0, 0.05) is 20.2 Å². The van der Waals surface area contributed by atoms with Crippen LogP contribution < -0.4 is 15.4 Å². The second-order valence-corrected chi connectivity index (χ2v) is 4.74. The average molecular weight is 294 g/mol. The number of rotatable bonds is 7. The maximum absolute atomic E-state index is 11.5. The molecule has 0 aliphatic rings. The fourth-order valence-electron chi connectivity index (χ4n) is 1.57. The molecule has 6 nitrogen and oxygen atoms in total. The lowest BCUT2D eigenvalue weighted by Gasteiger charge is -2.10. The molecule has 0 heterocycles. The quantitative estimate of drug-likeness (QED) is 0.577. The van der Waals surface area contributed by atoms with Crippen molar-refractivity contribution < 1.29 is 19.1 Å². The summed E-state index contributed by atoms with van der Waals surface area (Å²) >= 11 is 0. The van der Waals surface area contributed by atoms with Gasteiger partial charge >= 0.3 is 11.8 Å². The zero-order valence-electron chi connectivity index (χ0n) is 12.6. The molecular formula is C15H22N2O4. The molecule has 1 rings (SSSR count). The summed E-state index contributed by atoms with van der Waals surface area (Å²) in [6.45, 7) is 4.88. The fourth-order valence-corrected chi connectivity index (χ4v) is 1.57. The molecule has 2 amide bonds. The average Bonchev–Trinajstić information content (AvgIpc) is 2.45. The van der Waals surface area contributed by atoms with Crippen molar-refractivity contribution in [2.75, 3.05) is 20.3 Å². The number of hydrogen-bond acceptors (Lipinski definition) is 4.